The Morgan fingerprint density at radius 2 is 1.97 bits per heavy atom. The minimum Gasteiger partial charge on any atom is -0.463 e. The highest BCUT2D eigenvalue weighted by Crippen LogP contribution is 2.23. The predicted molar refractivity (Wildman–Crippen MR) is 107 cm³/mol. The third-order valence-electron chi connectivity index (χ3n) is 4.72. The van der Waals surface area contributed by atoms with Crippen LogP contribution in [0.15, 0.2) is 35.2 Å². The van der Waals surface area contributed by atoms with E-state index in [1.165, 1.54) is 0 Å². The maximum atomic E-state index is 12.4. The van der Waals surface area contributed by atoms with Crippen molar-refractivity contribution in [1.29, 1.82) is 0 Å². The third kappa shape index (κ3) is 6.04. The Hall–Kier alpha value is -2.90. The number of carbonyl (C=O) groups excluding carboxylic acids is 2. The normalized spacial score (nSPS) is 15.2. The molecule has 0 aliphatic carbocycles. The average Bonchev–Trinajstić information content (AvgIpc) is 3.20. The fourth-order valence-corrected chi connectivity index (χ4v) is 3.28. The van der Waals surface area contributed by atoms with Gasteiger partial charge in [-0.15, -0.1) is 0 Å². The Bertz CT molecular complexity index is 821. The molecule has 1 N–H and O–H groups in total. The zero-order chi connectivity index (χ0) is 20.9. The highest BCUT2D eigenvalue weighted by atomic mass is 16.6. The van der Waals surface area contributed by atoms with E-state index in [0.29, 0.717) is 43.2 Å². The lowest BCUT2D eigenvalue weighted by Gasteiger charge is -2.33. The maximum Gasteiger partial charge on any atom is 0.410 e. The van der Waals surface area contributed by atoms with Gasteiger partial charge >= 0.3 is 6.09 Å². The van der Waals surface area contributed by atoms with Gasteiger partial charge in [0.2, 0.25) is 5.91 Å². The molecule has 3 heterocycles. The molecule has 156 valence electrons. The van der Waals surface area contributed by atoms with E-state index in [4.69, 9.17) is 9.15 Å². The molecule has 8 heteroatoms. The van der Waals surface area contributed by atoms with Crippen molar-refractivity contribution >= 4 is 12.0 Å². The number of ether oxygens (including phenoxy) is 1. The van der Waals surface area contributed by atoms with Crippen molar-refractivity contribution in [3.05, 3.63) is 36.5 Å². The molecule has 1 aliphatic rings. The number of likely N-dealkylation sites (tertiary alicyclic amines) is 1. The van der Waals surface area contributed by atoms with Crippen LogP contribution in [0.1, 0.15) is 45.7 Å². The predicted octanol–water partition coefficient (Wildman–Crippen LogP) is 3.39. The van der Waals surface area contributed by atoms with Crippen LogP contribution in [-0.4, -0.2) is 45.6 Å². The molecule has 0 unspecified atom stereocenters. The summed E-state index contributed by atoms with van der Waals surface area (Å²) in [4.78, 5) is 34.9. The SMILES string of the molecule is CC(C)(C)OC(=O)N1CCC(CC(=O)NCc2nccnc2-c2ccco2)CC1. The van der Waals surface area contributed by atoms with Gasteiger partial charge in [-0.3, -0.25) is 9.78 Å². The zero-order valence-electron chi connectivity index (χ0n) is 17.2. The van der Waals surface area contributed by atoms with Gasteiger partial charge in [0.1, 0.15) is 11.3 Å². The molecule has 0 saturated carbocycles. The van der Waals surface area contributed by atoms with Gasteiger partial charge in [0.15, 0.2) is 5.76 Å². The molecule has 1 saturated heterocycles. The van der Waals surface area contributed by atoms with Crippen molar-refractivity contribution in [2.24, 2.45) is 5.92 Å². The first-order chi connectivity index (χ1) is 13.8. The van der Waals surface area contributed by atoms with Crippen LogP contribution in [-0.2, 0) is 16.1 Å². The molecular formula is C21H28N4O4. The maximum absolute atomic E-state index is 12.4. The molecule has 0 spiro atoms. The van der Waals surface area contributed by atoms with E-state index < -0.39 is 5.60 Å². The quantitative estimate of drug-likeness (QED) is 0.826. The lowest BCUT2D eigenvalue weighted by atomic mass is 9.93. The van der Waals surface area contributed by atoms with Crippen LogP contribution in [0.2, 0.25) is 0 Å². The number of amides is 2. The highest BCUT2D eigenvalue weighted by molar-refractivity contribution is 5.76. The number of furan rings is 1. The first-order valence-electron chi connectivity index (χ1n) is 9.90. The molecule has 0 atom stereocenters. The van der Waals surface area contributed by atoms with Gasteiger partial charge in [0.05, 0.1) is 18.5 Å². The molecular weight excluding hydrogens is 372 g/mol. The van der Waals surface area contributed by atoms with E-state index in [2.05, 4.69) is 15.3 Å². The second kappa shape index (κ2) is 9.07. The zero-order valence-corrected chi connectivity index (χ0v) is 17.2. The molecule has 2 aromatic heterocycles. The topological polar surface area (TPSA) is 97.6 Å². The third-order valence-corrected chi connectivity index (χ3v) is 4.72. The van der Waals surface area contributed by atoms with Crippen LogP contribution in [0, 0.1) is 5.92 Å². The van der Waals surface area contributed by atoms with Crippen LogP contribution in [0.25, 0.3) is 11.5 Å². The van der Waals surface area contributed by atoms with Crippen molar-refractivity contribution in [1.82, 2.24) is 20.2 Å². The molecule has 1 fully saturated rings. The van der Waals surface area contributed by atoms with E-state index in [9.17, 15) is 9.59 Å². The standard InChI is InChI=1S/C21H28N4O4/c1-21(2,3)29-20(27)25-10-6-15(7-11-25)13-18(26)24-14-16-19(23-9-8-22-16)17-5-4-12-28-17/h4-5,8-9,12,15H,6-7,10-11,13-14H2,1-3H3,(H,24,26). The summed E-state index contributed by atoms with van der Waals surface area (Å²) >= 11 is 0. The average molecular weight is 400 g/mol. The molecule has 29 heavy (non-hydrogen) atoms. The lowest BCUT2D eigenvalue weighted by Crippen LogP contribution is -2.42. The van der Waals surface area contributed by atoms with Gasteiger partial charge in [-0.25, -0.2) is 9.78 Å². The van der Waals surface area contributed by atoms with Gasteiger partial charge in [0, 0.05) is 31.9 Å². The minimum atomic E-state index is -0.497. The van der Waals surface area contributed by atoms with Crippen molar-refractivity contribution in [2.45, 2.75) is 52.2 Å². The molecule has 0 bridgehead atoms. The van der Waals surface area contributed by atoms with Gasteiger partial charge in [-0.05, 0) is 51.7 Å². The number of carbonyl (C=O) groups is 2. The summed E-state index contributed by atoms with van der Waals surface area (Å²) in [6.45, 7) is 7.09. The summed E-state index contributed by atoms with van der Waals surface area (Å²) in [6, 6.07) is 3.60. The fraction of sp³-hybridized carbons (Fsp3) is 0.524. The lowest BCUT2D eigenvalue weighted by molar-refractivity contribution is -0.122. The number of rotatable bonds is 5. The first kappa shape index (κ1) is 20.8. The van der Waals surface area contributed by atoms with E-state index in [-0.39, 0.29) is 17.9 Å². The smallest absolute Gasteiger partial charge is 0.410 e. The van der Waals surface area contributed by atoms with E-state index in [0.717, 1.165) is 12.8 Å². The van der Waals surface area contributed by atoms with Gasteiger partial charge < -0.3 is 19.4 Å². The van der Waals surface area contributed by atoms with Crippen LogP contribution < -0.4 is 5.32 Å². The summed E-state index contributed by atoms with van der Waals surface area (Å²) < 4.78 is 10.8. The molecule has 2 aromatic rings. The second-order valence-corrected chi connectivity index (χ2v) is 8.22. The van der Waals surface area contributed by atoms with Crippen LogP contribution in [0.4, 0.5) is 4.79 Å². The summed E-state index contributed by atoms with van der Waals surface area (Å²) in [5, 5.41) is 2.93. The molecule has 0 radical (unpaired) electrons. The Morgan fingerprint density at radius 1 is 1.24 bits per heavy atom. The monoisotopic (exact) mass is 400 g/mol. The summed E-state index contributed by atoms with van der Waals surface area (Å²) in [5.74, 6) is 0.841. The molecule has 1 aliphatic heterocycles. The fourth-order valence-electron chi connectivity index (χ4n) is 3.28. The second-order valence-electron chi connectivity index (χ2n) is 8.22. The van der Waals surface area contributed by atoms with Crippen molar-refractivity contribution < 1.29 is 18.7 Å². The van der Waals surface area contributed by atoms with Crippen LogP contribution >= 0.6 is 0 Å². The number of piperidine rings is 1. The van der Waals surface area contributed by atoms with Crippen LogP contribution in [0.5, 0.6) is 0 Å². The number of aromatic nitrogens is 2. The van der Waals surface area contributed by atoms with Gasteiger partial charge in [-0.1, -0.05) is 0 Å². The van der Waals surface area contributed by atoms with Crippen molar-refractivity contribution in [3.63, 3.8) is 0 Å². The summed E-state index contributed by atoms with van der Waals surface area (Å²) in [6.07, 6.45) is 6.50. The van der Waals surface area contributed by atoms with E-state index in [1.807, 2.05) is 26.8 Å². The Morgan fingerprint density at radius 3 is 2.62 bits per heavy atom. The Labute approximate surface area is 170 Å². The number of nitrogens with zero attached hydrogens (tertiary/aromatic N) is 3. The summed E-state index contributed by atoms with van der Waals surface area (Å²) in [5.41, 5.74) is 0.793. The summed E-state index contributed by atoms with van der Waals surface area (Å²) in [7, 11) is 0. The van der Waals surface area contributed by atoms with E-state index in [1.54, 1.807) is 29.6 Å². The Kier molecular flexibility index (Phi) is 6.51. The number of hydrogen-bond acceptors (Lipinski definition) is 6. The number of hydrogen-bond donors (Lipinski definition) is 1. The largest absolute Gasteiger partial charge is 0.463 e. The first-order valence-corrected chi connectivity index (χ1v) is 9.90. The van der Waals surface area contributed by atoms with Crippen LogP contribution in [0.3, 0.4) is 0 Å². The van der Waals surface area contributed by atoms with E-state index >= 15 is 0 Å². The van der Waals surface area contributed by atoms with Gasteiger partial charge in [-0.2, -0.15) is 0 Å². The van der Waals surface area contributed by atoms with Crippen molar-refractivity contribution in [2.75, 3.05) is 13.1 Å². The molecule has 2 amide bonds. The molecule has 3 rings (SSSR count). The highest BCUT2D eigenvalue weighted by Gasteiger charge is 2.27. The minimum absolute atomic E-state index is 0.0308. The number of nitrogens with one attached hydrogen (secondary N) is 1. The Balaban J connectivity index is 1.45. The molecule has 0 aromatic carbocycles. The molecule has 8 nitrogen and oxygen atoms in total. The van der Waals surface area contributed by atoms with Crippen molar-refractivity contribution in [3.8, 4) is 11.5 Å². The van der Waals surface area contributed by atoms with Gasteiger partial charge in [0.25, 0.3) is 0 Å².